The molecular weight excluding hydrogens is 238 g/mol. The van der Waals surface area contributed by atoms with E-state index in [1.54, 1.807) is 6.20 Å². The number of anilines is 1. The number of hydrogen-bond donors (Lipinski definition) is 2. The number of nitrogens with zero attached hydrogens (tertiary/aromatic N) is 1. The molecule has 0 saturated heterocycles. The molecule has 2 rings (SSSR count). The molecule has 0 radical (unpaired) electrons. The van der Waals surface area contributed by atoms with Crippen LogP contribution in [-0.4, -0.2) is 10.9 Å². The van der Waals surface area contributed by atoms with Gasteiger partial charge in [0, 0.05) is 19.2 Å². The molecule has 4 heteroatoms. The Balaban J connectivity index is 1.82. The number of rotatable bonds is 4. The molecular formula is C15H23N3O. The van der Waals surface area contributed by atoms with Crippen molar-refractivity contribution in [1.82, 2.24) is 4.98 Å². The van der Waals surface area contributed by atoms with E-state index in [4.69, 9.17) is 5.73 Å². The summed E-state index contributed by atoms with van der Waals surface area (Å²) in [6.45, 7) is 0.475. The van der Waals surface area contributed by atoms with Gasteiger partial charge in [-0.3, -0.25) is 4.79 Å². The largest absolute Gasteiger partial charge is 0.326 e. The summed E-state index contributed by atoms with van der Waals surface area (Å²) < 4.78 is 0. The van der Waals surface area contributed by atoms with Crippen molar-refractivity contribution in [3.8, 4) is 0 Å². The molecule has 1 amide bonds. The molecule has 1 aliphatic rings. The van der Waals surface area contributed by atoms with Crippen LogP contribution >= 0.6 is 0 Å². The summed E-state index contributed by atoms with van der Waals surface area (Å²) in [5, 5.41) is 2.87. The molecule has 0 aromatic carbocycles. The lowest BCUT2D eigenvalue weighted by molar-refractivity contribution is -0.117. The first kappa shape index (κ1) is 14.0. The van der Waals surface area contributed by atoms with Crippen molar-refractivity contribution >= 4 is 11.7 Å². The van der Waals surface area contributed by atoms with Gasteiger partial charge in [-0.05, 0) is 30.4 Å². The Morgan fingerprint density at radius 1 is 1.26 bits per heavy atom. The molecule has 1 heterocycles. The van der Waals surface area contributed by atoms with Crippen LogP contribution in [0.4, 0.5) is 5.82 Å². The van der Waals surface area contributed by atoms with E-state index in [1.807, 2.05) is 12.1 Å². The van der Waals surface area contributed by atoms with Crippen molar-refractivity contribution in [1.29, 1.82) is 0 Å². The quantitative estimate of drug-likeness (QED) is 0.819. The van der Waals surface area contributed by atoms with Crippen LogP contribution in [-0.2, 0) is 11.3 Å². The number of nitrogens with two attached hydrogens (primary N) is 1. The van der Waals surface area contributed by atoms with Gasteiger partial charge < -0.3 is 11.1 Å². The van der Waals surface area contributed by atoms with Gasteiger partial charge in [-0.1, -0.05) is 31.7 Å². The summed E-state index contributed by atoms with van der Waals surface area (Å²) in [5.74, 6) is 1.25. The van der Waals surface area contributed by atoms with Crippen molar-refractivity contribution in [2.75, 3.05) is 5.32 Å². The number of aromatic nitrogens is 1. The minimum atomic E-state index is 0.0832. The highest BCUT2D eigenvalue weighted by Crippen LogP contribution is 2.25. The minimum absolute atomic E-state index is 0.0832. The van der Waals surface area contributed by atoms with E-state index in [2.05, 4.69) is 10.3 Å². The number of amides is 1. The third-order valence-electron chi connectivity index (χ3n) is 3.78. The second-order valence-corrected chi connectivity index (χ2v) is 5.37. The molecule has 0 spiro atoms. The second kappa shape index (κ2) is 7.24. The molecule has 104 valence electrons. The molecule has 1 saturated carbocycles. The maximum Gasteiger partial charge on any atom is 0.225 e. The predicted molar refractivity (Wildman–Crippen MR) is 76.6 cm³/mol. The molecule has 1 aromatic heterocycles. The number of carbonyl (C=O) groups is 1. The smallest absolute Gasteiger partial charge is 0.225 e. The first-order valence-electron chi connectivity index (χ1n) is 7.23. The van der Waals surface area contributed by atoms with E-state index in [0.717, 1.165) is 5.56 Å². The number of hydrogen-bond acceptors (Lipinski definition) is 3. The van der Waals surface area contributed by atoms with Gasteiger partial charge in [-0.15, -0.1) is 0 Å². The van der Waals surface area contributed by atoms with Gasteiger partial charge in [-0.25, -0.2) is 4.98 Å². The first-order chi connectivity index (χ1) is 9.28. The van der Waals surface area contributed by atoms with Crippen molar-refractivity contribution < 1.29 is 4.79 Å². The summed E-state index contributed by atoms with van der Waals surface area (Å²) in [5.41, 5.74) is 6.49. The summed E-state index contributed by atoms with van der Waals surface area (Å²) in [7, 11) is 0. The normalized spacial score (nSPS) is 16.9. The molecule has 0 aliphatic heterocycles. The third-order valence-corrected chi connectivity index (χ3v) is 3.78. The highest BCUT2D eigenvalue weighted by Gasteiger charge is 2.16. The third kappa shape index (κ3) is 4.63. The molecule has 1 aromatic rings. The monoisotopic (exact) mass is 261 g/mol. The summed E-state index contributed by atoms with van der Waals surface area (Å²) in [6.07, 6.45) is 9.88. The lowest BCUT2D eigenvalue weighted by Gasteiger charge is -2.13. The highest BCUT2D eigenvalue weighted by molar-refractivity contribution is 5.89. The number of carbonyl (C=O) groups excluding carboxylic acids is 1. The maximum absolute atomic E-state index is 12.0. The van der Waals surface area contributed by atoms with Crippen molar-refractivity contribution in [2.24, 2.45) is 11.7 Å². The van der Waals surface area contributed by atoms with Crippen LogP contribution in [0.2, 0.25) is 0 Å². The molecule has 0 bridgehead atoms. The molecule has 19 heavy (non-hydrogen) atoms. The van der Waals surface area contributed by atoms with Gasteiger partial charge in [-0.2, -0.15) is 0 Å². The van der Waals surface area contributed by atoms with E-state index in [-0.39, 0.29) is 5.91 Å². The Morgan fingerprint density at radius 3 is 2.58 bits per heavy atom. The summed E-state index contributed by atoms with van der Waals surface area (Å²) >= 11 is 0. The van der Waals surface area contributed by atoms with E-state index in [9.17, 15) is 4.79 Å². The Hall–Kier alpha value is -1.42. The van der Waals surface area contributed by atoms with Crippen LogP contribution < -0.4 is 11.1 Å². The molecule has 3 N–H and O–H groups in total. The Kier molecular flexibility index (Phi) is 5.33. The van der Waals surface area contributed by atoms with Gasteiger partial charge in [0.1, 0.15) is 5.82 Å². The van der Waals surface area contributed by atoms with E-state index in [0.29, 0.717) is 24.7 Å². The zero-order chi connectivity index (χ0) is 13.5. The van der Waals surface area contributed by atoms with Crippen LogP contribution in [0.3, 0.4) is 0 Å². The molecule has 0 unspecified atom stereocenters. The topological polar surface area (TPSA) is 68.0 Å². The lowest BCUT2D eigenvalue weighted by Crippen LogP contribution is -2.17. The molecule has 0 atom stereocenters. The van der Waals surface area contributed by atoms with Crippen LogP contribution in [0, 0.1) is 5.92 Å². The Labute approximate surface area is 114 Å². The SMILES string of the molecule is NCc1ccc(NC(=O)CC2CCCCCC2)nc1. The zero-order valence-electron chi connectivity index (χ0n) is 11.4. The first-order valence-corrected chi connectivity index (χ1v) is 7.23. The second-order valence-electron chi connectivity index (χ2n) is 5.37. The van der Waals surface area contributed by atoms with Crippen molar-refractivity contribution in [3.63, 3.8) is 0 Å². The van der Waals surface area contributed by atoms with Crippen LogP contribution in [0.1, 0.15) is 50.5 Å². The van der Waals surface area contributed by atoms with Gasteiger partial charge >= 0.3 is 0 Å². The fourth-order valence-electron chi connectivity index (χ4n) is 2.64. The van der Waals surface area contributed by atoms with Crippen molar-refractivity contribution in [2.45, 2.75) is 51.5 Å². The fourth-order valence-corrected chi connectivity index (χ4v) is 2.64. The van der Waals surface area contributed by atoms with E-state index in [1.165, 1.54) is 38.5 Å². The minimum Gasteiger partial charge on any atom is -0.326 e. The summed E-state index contributed by atoms with van der Waals surface area (Å²) in [6, 6.07) is 3.71. The van der Waals surface area contributed by atoms with E-state index < -0.39 is 0 Å². The average Bonchev–Trinajstić information content (AvgIpc) is 2.68. The average molecular weight is 261 g/mol. The van der Waals surface area contributed by atoms with Crippen LogP contribution in [0.5, 0.6) is 0 Å². The Morgan fingerprint density at radius 2 is 2.00 bits per heavy atom. The fraction of sp³-hybridized carbons (Fsp3) is 0.600. The summed E-state index contributed by atoms with van der Waals surface area (Å²) in [4.78, 5) is 16.2. The zero-order valence-corrected chi connectivity index (χ0v) is 11.4. The number of nitrogens with one attached hydrogen (secondary N) is 1. The van der Waals surface area contributed by atoms with Crippen molar-refractivity contribution in [3.05, 3.63) is 23.9 Å². The van der Waals surface area contributed by atoms with Crippen LogP contribution in [0.25, 0.3) is 0 Å². The van der Waals surface area contributed by atoms with Gasteiger partial charge in [0.05, 0.1) is 0 Å². The van der Waals surface area contributed by atoms with Gasteiger partial charge in [0.25, 0.3) is 0 Å². The molecule has 1 aliphatic carbocycles. The standard InChI is InChI=1S/C15H23N3O/c16-10-13-7-8-14(17-11-13)18-15(19)9-12-5-3-1-2-4-6-12/h7-8,11-12H,1-6,9-10,16H2,(H,17,18,19). The van der Waals surface area contributed by atoms with Crippen LogP contribution in [0.15, 0.2) is 18.3 Å². The van der Waals surface area contributed by atoms with Gasteiger partial charge in [0.15, 0.2) is 0 Å². The predicted octanol–water partition coefficient (Wildman–Crippen LogP) is 2.84. The maximum atomic E-state index is 12.0. The highest BCUT2D eigenvalue weighted by atomic mass is 16.1. The molecule has 4 nitrogen and oxygen atoms in total. The number of pyridine rings is 1. The molecule has 1 fully saturated rings. The van der Waals surface area contributed by atoms with Gasteiger partial charge in [0.2, 0.25) is 5.91 Å². The Bertz CT molecular complexity index is 394. The van der Waals surface area contributed by atoms with E-state index >= 15 is 0 Å². The lowest BCUT2D eigenvalue weighted by atomic mass is 9.96.